The van der Waals surface area contributed by atoms with Crippen LogP contribution in [0, 0.1) is 5.41 Å². The van der Waals surface area contributed by atoms with Gasteiger partial charge in [0.1, 0.15) is 5.75 Å². The molecule has 0 unspecified atom stereocenters. The molecule has 0 fully saturated rings. The Balaban J connectivity index is 2.78. The van der Waals surface area contributed by atoms with Gasteiger partial charge in [-0.1, -0.05) is 32.9 Å². The molecular weight excluding hydrogens is 210 g/mol. The average molecular weight is 235 g/mol. The third-order valence-corrected chi connectivity index (χ3v) is 3.74. The highest BCUT2D eigenvalue weighted by atomic mass is 16.3. The van der Waals surface area contributed by atoms with Crippen molar-refractivity contribution in [2.75, 3.05) is 13.1 Å². The third-order valence-electron chi connectivity index (χ3n) is 3.74. The summed E-state index contributed by atoms with van der Waals surface area (Å²) in [5, 5.41) is 13.0. The molecule has 0 aliphatic carbocycles. The molecule has 2 heteroatoms. The Kier molecular flexibility index (Phi) is 5.49. The molecule has 0 amide bonds. The van der Waals surface area contributed by atoms with Gasteiger partial charge in [-0.05, 0) is 48.9 Å². The number of rotatable bonds is 7. The van der Waals surface area contributed by atoms with E-state index >= 15 is 0 Å². The fourth-order valence-corrected chi connectivity index (χ4v) is 2.30. The molecule has 0 saturated heterocycles. The highest BCUT2D eigenvalue weighted by Crippen LogP contribution is 2.31. The predicted molar refractivity (Wildman–Crippen MR) is 73.4 cm³/mol. The second-order valence-electron chi connectivity index (χ2n) is 4.83. The van der Waals surface area contributed by atoms with Gasteiger partial charge in [0.2, 0.25) is 0 Å². The van der Waals surface area contributed by atoms with E-state index in [4.69, 9.17) is 0 Å². The highest BCUT2D eigenvalue weighted by molar-refractivity contribution is 5.28. The fourth-order valence-electron chi connectivity index (χ4n) is 2.30. The summed E-state index contributed by atoms with van der Waals surface area (Å²) in [5.74, 6) is 0.368. The molecule has 0 radical (unpaired) electrons. The summed E-state index contributed by atoms with van der Waals surface area (Å²) < 4.78 is 0. The number of phenolic OH excluding ortho intramolecular Hbond substituents is 1. The van der Waals surface area contributed by atoms with Crippen molar-refractivity contribution in [1.82, 2.24) is 5.32 Å². The van der Waals surface area contributed by atoms with Crippen molar-refractivity contribution < 1.29 is 5.11 Å². The molecule has 0 heterocycles. The van der Waals surface area contributed by atoms with E-state index in [-0.39, 0.29) is 0 Å². The molecule has 0 aliphatic heterocycles. The van der Waals surface area contributed by atoms with Gasteiger partial charge in [-0.2, -0.15) is 0 Å². The van der Waals surface area contributed by atoms with E-state index in [0.717, 1.165) is 32.4 Å². The first-order chi connectivity index (χ1) is 8.15. The highest BCUT2D eigenvalue weighted by Gasteiger charge is 2.25. The summed E-state index contributed by atoms with van der Waals surface area (Å²) in [6.07, 6.45) is 3.35. The zero-order chi connectivity index (χ0) is 12.7. The summed E-state index contributed by atoms with van der Waals surface area (Å²) >= 11 is 0. The van der Waals surface area contributed by atoms with E-state index in [2.05, 4.69) is 32.2 Å². The normalized spacial score (nSPS) is 11.7. The molecule has 0 bridgehead atoms. The first-order valence-corrected chi connectivity index (χ1v) is 6.64. The molecule has 0 spiro atoms. The monoisotopic (exact) mass is 235 g/mol. The van der Waals surface area contributed by atoms with Crippen molar-refractivity contribution >= 4 is 0 Å². The minimum atomic E-state index is 0.309. The lowest BCUT2D eigenvalue weighted by Crippen LogP contribution is -2.35. The smallest absolute Gasteiger partial charge is 0.115 e. The quantitative estimate of drug-likeness (QED) is 0.759. The molecule has 0 atom stereocenters. The van der Waals surface area contributed by atoms with Crippen LogP contribution in [-0.4, -0.2) is 18.2 Å². The number of aromatic hydroxyl groups is 1. The second kappa shape index (κ2) is 6.65. The van der Waals surface area contributed by atoms with Gasteiger partial charge in [0.25, 0.3) is 0 Å². The van der Waals surface area contributed by atoms with Gasteiger partial charge in [-0.3, -0.25) is 0 Å². The van der Waals surface area contributed by atoms with Crippen molar-refractivity contribution in [3.8, 4) is 5.75 Å². The van der Waals surface area contributed by atoms with Crippen molar-refractivity contribution in [3.05, 3.63) is 29.8 Å². The van der Waals surface area contributed by atoms with Gasteiger partial charge in [0.05, 0.1) is 0 Å². The minimum Gasteiger partial charge on any atom is -0.508 e. The summed E-state index contributed by atoms with van der Waals surface area (Å²) in [4.78, 5) is 0. The van der Waals surface area contributed by atoms with Crippen LogP contribution in [0.1, 0.15) is 39.2 Å². The largest absolute Gasteiger partial charge is 0.508 e. The van der Waals surface area contributed by atoms with Gasteiger partial charge < -0.3 is 10.4 Å². The van der Waals surface area contributed by atoms with Crippen molar-refractivity contribution in [1.29, 1.82) is 0 Å². The maximum atomic E-state index is 9.52. The number of hydrogen-bond donors (Lipinski definition) is 2. The summed E-state index contributed by atoms with van der Waals surface area (Å²) in [6, 6.07) is 7.64. The topological polar surface area (TPSA) is 32.3 Å². The Hall–Kier alpha value is -1.02. The molecule has 0 aliphatic rings. The van der Waals surface area contributed by atoms with Crippen LogP contribution in [0.15, 0.2) is 24.3 Å². The van der Waals surface area contributed by atoms with Crippen LogP contribution in [0.2, 0.25) is 0 Å². The van der Waals surface area contributed by atoms with E-state index in [1.807, 2.05) is 12.1 Å². The summed E-state index contributed by atoms with van der Waals surface area (Å²) in [5.41, 5.74) is 1.54. The summed E-state index contributed by atoms with van der Waals surface area (Å²) in [6.45, 7) is 8.71. The van der Waals surface area contributed by atoms with Gasteiger partial charge in [0.15, 0.2) is 0 Å². The standard InChI is InChI=1S/C15H25NO/c1-4-15(5-2,12-16-6-3)11-13-8-7-9-14(17)10-13/h7-10,16-17H,4-6,11-12H2,1-3H3. The lowest BCUT2D eigenvalue weighted by Gasteiger charge is -2.32. The molecule has 1 aromatic carbocycles. The van der Waals surface area contributed by atoms with Gasteiger partial charge in [0, 0.05) is 6.54 Å². The van der Waals surface area contributed by atoms with Crippen LogP contribution < -0.4 is 5.32 Å². The first kappa shape index (κ1) is 14.0. The van der Waals surface area contributed by atoms with Crippen LogP contribution in [-0.2, 0) is 6.42 Å². The SMILES string of the molecule is CCNCC(CC)(CC)Cc1cccc(O)c1. The Morgan fingerprint density at radius 2 is 1.88 bits per heavy atom. The fraction of sp³-hybridized carbons (Fsp3) is 0.600. The maximum Gasteiger partial charge on any atom is 0.115 e. The summed E-state index contributed by atoms with van der Waals surface area (Å²) in [7, 11) is 0. The Bertz CT molecular complexity index is 331. The van der Waals surface area contributed by atoms with Gasteiger partial charge in [-0.25, -0.2) is 0 Å². The Morgan fingerprint density at radius 1 is 1.18 bits per heavy atom. The molecule has 1 rings (SSSR count). The van der Waals surface area contributed by atoms with E-state index in [1.165, 1.54) is 5.56 Å². The van der Waals surface area contributed by atoms with Crippen molar-refractivity contribution in [2.45, 2.75) is 40.0 Å². The minimum absolute atomic E-state index is 0.309. The number of phenols is 1. The predicted octanol–water partition coefficient (Wildman–Crippen LogP) is 3.35. The van der Waals surface area contributed by atoms with E-state index in [9.17, 15) is 5.11 Å². The van der Waals surface area contributed by atoms with Crippen LogP contribution in [0.4, 0.5) is 0 Å². The van der Waals surface area contributed by atoms with Gasteiger partial charge in [-0.15, -0.1) is 0 Å². The Labute approximate surface area is 105 Å². The molecule has 17 heavy (non-hydrogen) atoms. The van der Waals surface area contributed by atoms with Gasteiger partial charge >= 0.3 is 0 Å². The lowest BCUT2D eigenvalue weighted by atomic mass is 9.77. The molecular formula is C15H25NO. The third kappa shape index (κ3) is 4.04. The van der Waals surface area contributed by atoms with Crippen molar-refractivity contribution in [2.24, 2.45) is 5.41 Å². The number of benzene rings is 1. The number of hydrogen-bond acceptors (Lipinski definition) is 2. The molecule has 0 saturated carbocycles. The first-order valence-electron chi connectivity index (χ1n) is 6.64. The molecule has 1 aromatic rings. The van der Waals surface area contributed by atoms with E-state index in [0.29, 0.717) is 11.2 Å². The molecule has 2 nitrogen and oxygen atoms in total. The van der Waals surface area contributed by atoms with Crippen LogP contribution in [0.25, 0.3) is 0 Å². The molecule has 0 aromatic heterocycles. The zero-order valence-corrected chi connectivity index (χ0v) is 11.3. The van der Waals surface area contributed by atoms with Crippen LogP contribution in [0.3, 0.4) is 0 Å². The van der Waals surface area contributed by atoms with Crippen LogP contribution in [0.5, 0.6) is 5.75 Å². The number of nitrogens with one attached hydrogen (secondary N) is 1. The van der Waals surface area contributed by atoms with Crippen LogP contribution >= 0.6 is 0 Å². The Morgan fingerprint density at radius 3 is 2.41 bits per heavy atom. The molecule has 2 N–H and O–H groups in total. The lowest BCUT2D eigenvalue weighted by molar-refractivity contribution is 0.248. The zero-order valence-electron chi connectivity index (χ0n) is 11.3. The van der Waals surface area contributed by atoms with E-state index < -0.39 is 0 Å². The second-order valence-corrected chi connectivity index (χ2v) is 4.83. The maximum absolute atomic E-state index is 9.52. The van der Waals surface area contributed by atoms with E-state index in [1.54, 1.807) is 6.07 Å². The average Bonchev–Trinajstić information content (AvgIpc) is 2.35. The molecule has 96 valence electrons. The van der Waals surface area contributed by atoms with Crippen molar-refractivity contribution in [3.63, 3.8) is 0 Å².